The second-order valence-electron chi connectivity index (χ2n) is 7.76. The lowest BCUT2D eigenvalue weighted by atomic mass is 9.82. The van der Waals surface area contributed by atoms with E-state index in [-0.39, 0.29) is 23.2 Å². The first kappa shape index (κ1) is 19.6. The molecule has 0 saturated carbocycles. The van der Waals surface area contributed by atoms with E-state index in [1.165, 1.54) is 17.3 Å². The van der Waals surface area contributed by atoms with E-state index >= 15 is 0 Å². The zero-order chi connectivity index (χ0) is 21.4. The van der Waals surface area contributed by atoms with Crippen LogP contribution in [-0.4, -0.2) is 36.9 Å². The molecular formula is C24H20N4O2S. The van der Waals surface area contributed by atoms with Crippen LogP contribution in [0.15, 0.2) is 66.0 Å². The monoisotopic (exact) mass is 428 g/mol. The first-order valence-corrected chi connectivity index (χ1v) is 11.1. The van der Waals surface area contributed by atoms with Gasteiger partial charge in [-0.15, -0.1) is 5.10 Å². The molecule has 4 aromatic rings. The molecule has 6 nitrogen and oxygen atoms in total. The van der Waals surface area contributed by atoms with E-state index in [4.69, 9.17) is 0 Å². The van der Waals surface area contributed by atoms with Crippen molar-refractivity contribution in [2.24, 2.45) is 0 Å². The van der Waals surface area contributed by atoms with Crippen LogP contribution in [0.25, 0.3) is 5.78 Å². The second kappa shape index (κ2) is 8.07. The average Bonchev–Trinajstić information content (AvgIpc) is 3.18. The summed E-state index contributed by atoms with van der Waals surface area (Å²) in [5.74, 6) is 0.912. The molecule has 5 rings (SSSR count). The molecule has 0 radical (unpaired) electrons. The molecular weight excluding hydrogens is 408 g/mol. The SMILES string of the molecule is Cc1cccc([C@@H]2CC(=O)c3cn4nc(SCC(=O)c5ccccc5)nc4nc3C2)c1. The van der Waals surface area contributed by atoms with Gasteiger partial charge in [-0.1, -0.05) is 71.9 Å². The van der Waals surface area contributed by atoms with Crippen molar-refractivity contribution in [3.63, 3.8) is 0 Å². The minimum Gasteiger partial charge on any atom is -0.294 e. The molecule has 154 valence electrons. The Hall–Kier alpha value is -3.32. The van der Waals surface area contributed by atoms with Crippen LogP contribution in [0.1, 0.15) is 49.9 Å². The van der Waals surface area contributed by atoms with Crippen LogP contribution in [0, 0.1) is 6.92 Å². The lowest BCUT2D eigenvalue weighted by molar-refractivity contribution is 0.0961. The maximum Gasteiger partial charge on any atom is 0.253 e. The number of fused-ring (bicyclic) bond motifs is 2. The summed E-state index contributed by atoms with van der Waals surface area (Å²) in [6, 6.07) is 17.5. The Labute approximate surface area is 183 Å². The van der Waals surface area contributed by atoms with Crippen LogP contribution in [0.2, 0.25) is 0 Å². The van der Waals surface area contributed by atoms with Gasteiger partial charge in [0.05, 0.1) is 17.0 Å². The van der Waals surface area contributed by atoms with Crippen LogP contribution in [0.4, 0.5) is 0 Å². The number of aryl methyl sites for hydroxylation is 1. The van der Waals surface area contributed by atoms with Crippen LogP contribution in [0.5, 0.6) is 0 Å². The highest BCUT2D eigenvalue weighted by Gasteiger charge is 2.28. The molecule has 7 heteroatoms. The van der Waals surface area contributed by atoms with E-state index in [0.717, 1.165) is 11.3 Å². The summed E-state index contributed by atoms with van der Waals surface area (Å²) >= 11 is 1.27. The molecule has 2 aromatic heterocycles. The summed E-state index contributed by atoms with van der Waals surface area (Å²) in [4.78, 5) is 34.3. The van der Waals surface area contributed by atoms with Gasteiger partial charge in [0, 0.05) is 18.2 Å². The maximum atomic E-state index is 12.8. The van der Waals surface area contributed by atoms with Crippen molar-refractivity contribution in [3.8, 4) is 0 Å². The van der Waals surface area contributed by atoms with Crippen molar-refractivity contribution in [1.82, 2.24) is 19.6 Å². The molecule has 1 aliphatic rings. The average molecular weight is 429 g/mol. The summed E-state index contributed by atoms with van der Waals surface area (Å²) in [5, 5.41) is 4.89. The molecule has 0 N–H and O–H groups in total. The quantitative estimate of drug-likeness (QED) is 0.348. The summed E-state index contributed by atoms with van der Waals surface area (Å²) in [6.45, 7) is 2.06. The van der Waals surface area contributed by atoms with E-state index in [0.29, 0.717) is 34.9 Å². The second-order valence-corrected chi connectivity index (χ2v) is 8.70. The highest BCUT2D eigenvalue weighted by Crippen LogP contribution is 2.32. The number of carbonyl (C=O) groups is 2. The first-order valence-electron chi connectivity index (χ1n) is 10.1. The Balaban J connectivity index is 1.38. The Morgan fingerprint density at radius 3 is 2.74 bits per heavy atom. The molecule has 31 heavy (non-hydrogen) atoms. The van der Waals surface area contributed by atoms with Crippen molar-refractivity contribution in [3.05, 3.63) is 88.7 Å². The maximum absolute atomic E-state index is 12.8. The number of aromatic nitrogens is 4. The third kappa shape index (κ3) is 4.01. The van der Waals surface area contributed by atoms with Crippen LogP contribution >= 0.6 is 11.8 Å². The van der Waals surface area contributed by atoms with E-state index in [1.54, 1.807) is 22.8 Å². The predicted octanol–water partition coefficient (Wildman–Crippen LogP) is 4.32. The Kier molecular flexibility index (Phi) is 5.11. The van der Waals surface area contributed by atoms with Crippen molar-refractivity contribution in [2.45, 2.75) is 30.8 Å². The van der Waals surface area contributed by atoms with Gasteiger partial charge in [0.15, 0.2) is 11.6 Å². The molecule has 0 amide bonds. The highest BCUT2D eigenvalue weighted by molar-refractivity contribution is 7.99. The number of carbonyl (C=O) groups excluding carboxylic acids is 2. The van der Waals surface area contributed by atoms with Gasteiger partial charge in [-0.2, -0.15) is 4.98 Å². The Morgan fingerprint density at radius 2 is 1.94 bits per heavy atom. The van der Waals surface area contributed by atoms with Crippen LogP contribution in [-0.2, 0) is 6.42 Å². The van der Waals surface area contributed by atoms with Crippen LogP contribution < -0.4 is 0 Å². The van der Waals surface area contributed by atoms with Crippen molar-refractivity contribution < 1.29 is 9.59 Å². The Morgan fingerprint density at radius 1 is 1.10 bits per heavy atom. The number of thioether (sulfide) groups is 1. The van der Waals surface area contributed by atoms with Gasteiger partial charge >= 0.3 is 0 Å². The van der Waals surface area contributed by atoms with Gasteiger partial charge in [0.1, 0.15) is 0 Å². The van der Waals surface area contributed by atoms with Gasteiger partial charge in [0.25, 0.3) is 5.78 Å². The number of Topliss-reactive ketones (excluding diaryl/α,β-unsaturated/α-hetero) is 2. The summed E-state index contributed by atoms with van der Waals surface area (Å²) in [5.41, 5.74) is 4.39. The molecule has 0 bridgehead atoms. The fourth-order valence-corrected chi connectivity index (χ4v) is 4.64. The third-order valence-electron chi connectivity index (χ3n) is 5.50. The summed E-state index contributed by atoms with van der Waals surface area (Å²) in [7, 11) is 0. The molecule has 1 aliphatic carbocycles. The van der Waals surface area contributed by atoms with E-state index in [2.05, 4.69) is 40.2 Å². The van der Waals surface area contributed by atoms with E-state index < -0.39 is 0 Å². The predicted molar refractivity (Wildman–Crippen MR) is 119 cm³/mol. The molecule has 0 fully saturated rings. The third-order valence-corrected chi connectivity index (χ3v) is 6.34. The number of hydrogen-bond acceptors (Lipinski definition) is 6. The standard InChI is InChI=1S/C24H20N4O2S/c1-15-6-5-9-17(10-15)18-11-20-19(21(29)12-18)13-28-23(25-20)26-24(27-28)31-14-22(30)16-7-3-2-4-8-16/h2-10,13,18H,11-12,14H2,1H3/t18-/m0/s1. The zero-order valence-electron chi connectivity index (χ0n) is 17.0. The number of ketones is 2. The first-order chi connectivity index (χ1) is 15.1. The number of nitrogens with zero attached hydrogens (tertiary/aromatic N) is 4. The van der Waals surface area contributed by atoms with Gasteiger partial charge in [-0.25, -0.2) is 9.50 Å². The minimum atomic E-state index is 0.0212. The summed E-state index contributed by atoms with van der Waals surface area (Å²) < 4.78 is 1.54. The van der Waals surface area contributed by atoms with Crippen molar-refractivity contribution in [2.75, 3.05) is 5.75 Å². The molecule has 0 saturated heterocycles. The van der Waals surface area contributed by atoms with Crippen molar-refractivity contribution >= 4 is 29.1 Å². The number of hydrogen-bond donors (Lipinski definition) is 0. The molecule has 0 unspecified atom stereocenters. The normalized spacial score (nSPS) is 15.8. The fraction of sp³-hybridized carbons (Fsp3) is 0.208. The van der Waals surface area contributed by atoms with Gasteiger partial charge in [-0.3, -0.25) is 9.59 Å². The van der Waals surface area contributed by atoms with Gasteiger partial charge in [-0.05, 0) is 24.8 Å². The largest absolute Gasteiger partial charge is 0.294 e. The molecule has 2 aromatic carbocycles. The fourth-order valence-electron chi connectivity index (χ4n) is 3.92. The lowest BCUT2D eigenvalue weighted by Crippen LogP contribution is -2.21. The minimum absolute atomic E-state index is 0.0212. The molecule has 0 spiro atoms. The zero-order valence-corrected chi connectivity index (χ0v) is 17.8. The number of rotatable bonds is 5. The molecule has 1 atom stereocenters. The van der Waals surface area contributed by atoms with Gasteiger partial charge in [0.2, 0.25) is 5.16 Å². The smallest absolute Gasteiger partial charge is 0.253 e. The van der Waals surface area contributed by atoms with Gasteiger partial charge < -0.3 is 0 Å². The summed E-state index contributed by atoms with van der Waals surface area (Å²) in [6.07, 6.45) is 2.89. The van der Waals surface area contributed by atoms with Crippen molar-refractivity contribution in [1.29, 1.82) is 0 Å². The lowest BCUT2D eigenvalue weighted by Gasteiger charge is -2.23. The van der Waals surface area contributed by atoms with E-state index in [1.807, 2.05) is 24.3 Å². The highest BCUT2D eigenvalue weighted by atomic mass is 32.2. The van der Waals surface area contributed by atoms with E-state index in [9.17, 15) is 9.59 Å². The Bertz CT molecular complexity index is 1300. The molecule has 2 heterocycles. The number of benzene rings is 2. The van der Waals surface area contributed by atoms with Crippen LogP contribution in [0.3, 0.4) is 0 Å². The molecule has 0 aliphatic heterocycles. The topological polar surface area (TPSA) is 77.2 Å².